The van der Waals surface area contributed by atoms with E-state index >= 15 is 0 Å². The number of carbonyl (C=O) groups is 1. The first-order chi connectivity index (χ1) is 9.69. The van der Waals surface area contributed by atoms with Crippen LogP contribution in [0.25, 0.3) is 0 Å². The van der Waals surface area contributed by atoms with Crippen LogP contribution in [0.3, 0.4) is 0 Å². The first-order valence-corrected chi connectivity index (χ1v) is 7.56. The van der Waals surface area contributed by atoms with Crippen LogP contribution in [-0.2, 0) is 10.2 Å². The lowest BCUT2D eigenvalue weighted by molar-refractivity contribution is -0.113. The van der Waals surface area contributed by atoms with Crippen molar-refractivity contribution >= 4 is 6.29 Å². The summed E-state index contributed by atoms with van der Waals surface area (Å²) in [6.45, 7) is 3.84. The van der Waals surface area contributed by atoms with Gasteiger partial charge in [0.05, 0.1) is 5.41 Å². The zero-order valence-corrected chi connectivity index (χ0v) is 12.3. The van der Waals surface area contributed by atoms with Crippen LogP contribution in [0.1, 0.15) is 38.2 Å². The molecule has 0 aromatic heterocycles. The van der Waals surface area contributed by atoms with E-state index in [1.807, 2.05) is 37.3 Å². The molecule has 1 aromatic rings. The maximum Gasteiger partial charge on any atom is 0.131 e. The van der Waals surface area contributed by atoms with Crippen LogP contribution in [0.15, 0.2) is 30.3 Å². The van der Waals surface area contributed by atoms with Gasteiger partial charge in [0.2, 0.25) is 0 Å². The molecule has 1 saturated carbocycles. The molecule has 1 aliphatic rings. The van der Waals surface area contributed by atoms with Crippen LogP contribution < -0.4 is 0 Å². The molecule has 0 saturated heterocycles. The van der Waals surface area contributed by atoms with Gasteiger partial charge in [0.25, 0.3) is 0 Å². The van der Waals surface area contributed by atoms with Crippen LogP contribution in [0, 0.1) is 0 Å². The van der Waals surface area contributed by atoms with Gasteiger partial charge in [0, 0.05) is 25.7 Å². The van der Waals surface area contributed by atoms with Gasteiger partial charge in [-0.1, -0.05) is 36.8 Å². The molecule has 3 nitrogen and oxygen atoms in total. The van der Waals surface area contributed by atoms with Gasteiger partial charge >= 0.3 is 0 Å². The van der Waals surface area contributed by atoms with E-state index in [1.165, 1.54) is 19.3 Å². The third-order valence-electron chi connectivity index (χ3n) is 4.42. The monoisotopic (exact) mass is 275 g/mol. The van der Waals surface area contributed by atoms with E-state index in [9.17, 15) is 4.79 Å². The highest BCUT2D eigenvalue weighted by Gasteiger charge is 2.33. The molecule has 0 aliphatic heterocycles. The summed E-state index contributed by atoms with van der Waals surface area (Å²) >= 11 is 0. The van der Waals surface area contributed by atoms with Crippen LogP contribution in [0.4, 0.5) is 0 Å². The highest BCUT2D eigenvalue weighted by molar-refractivity contribution is 5.68. The summed E-state index contributed by atoms with van der Waals surface area (Å²) in [6.07, 6.45) is 5.57. The van der Waals surface area contributed by atoms with E-state index < -0.39 is 5.41 Å². The molecule has 0 amide bonds. The Bertz CT molecular complexity index is 416. The molecular weight excluding hydrogens is 250 g/mol. The van der Waals surface area contributed by atoms with Crippen molar-refractivity contribution < 1.29 is 9.90 Å². The Morgan fingerprint density at radius 2 is 2.05 bits per heavy atom. The summed E-state index contributed by atoms with van der Waals surface area (Å²) in [5.41, 5.74) is 0.607. The summed E-state index contributed by atoms with van der Waals surface area (Å²) in [6, 6.07) is 10.6. The zero-order valence-electron chi connectivity index (χ0n) is 12.3. The van der Waals surface area contributed by atoms with E-state index in [1.54, 1.807) is 0 Å². The topological polar surface area (TPSA) is 40.5 Å². The molecule has 2 rings (SSSR count). The molecular formula is C17H25NO2. The third-order valence-corrected chi connectivity index (χ3v) is 4.42. The number of aldehydes is 1. The fraction of sp³-hybridized carbons (Fsp3) is 0.588. The average Bonchev–Trinajstić information content (AvgIpc) is 2.43. The smallest absolute Gasteiger partial charge is 0.131 e. The van der Waals surface area contributed by atoms with Gasteiger partial charge in [0.15, 0.2) is 0 Å². The van der Waals surface area contributed by atoms with Crippen molar-refractivity contribution in [3.63, 3.8) is 0 Å². The minimum atomic E-state index is -0.466. The predicted octanol–water partition coefficient (Wildman–Crippen LogP) is 2.38. The molecule has 110 valence electrons. The molecule has 1 atom stereocenters. The molecule has 0 spiro atoms. The largest absolute Gasteiger partial charge is 0.396 e. The highest BCUT2D eigenvalue weighted by atomic mass is 16.3. The molecule has 1 aliphatic carbocycles. The fourth-order valence-corrected chi connectivity index (χ4v) is 2.85. The van der Waals surface area contributed by atoms with Crippen molar-refractivity contribution in [3.8, 4) is 0 Å². The lowest BCUT2D eigenvalue weighted by Gasteiger charge is -2.41. The summed E-state index contributed by atoms with van der Waals surface area (Å²) in [4.78, 5) is 14.1. The number of nitrogens with zero attached hydrogens (tertiary/aromatic N) is 1. The normalized spacial score (nSPS) is 18.6. The Labute approximate surface area is 121 Å². The Kier molecular flexibility index (Phi) is 5.32. The Morgan fingerprint density at radius 3 is 2.55 bits per heavy atom. The average molecular weight is 275 g/mol. The Hall–Kier alpha value is -1.19. The highest BCUT2D eigenvalue weighted by Crippen LogP contribution is 2.29. The van der Waals surface area contributed by atoms with E-state index in [4.69, 9.17) is 5.11 Å². The number of rotatable bonds is 8. The first kappa shape index (κ1) is 15.2. The first-order valence-electron chi connectivity index (χ1n) is 7.56. The van der Waals surface area contributed by atoms with Crippen molar-refractivity contribution in [1.82, 2.24) is 4.90 Å². The van der Waals surface area contributed by atoms with Crippen molar-refractivity contribution in [3.05, 3.63) is 35.9 Å². The van der Waals surface area contributed by atoms with Crippen LogP contribution in [0.5, 0.6) is 0 Å². The summed E-state index contributed by atoms with van der Waals surface area (Å²) in [5.74, 6) is 0. The fourth-order valence-electron chi connectivity index (χ4n) is 2.85. The van der Waals surface area contributed by atoms with E-state index in [0.717, 1.165) is 31.4 Å². The molecule has 0 radical (unpaired) electrons. The lowest BCUT2D eigenvalue weighted by atomic mass is 9.81. The van der Waals surface area contributed by atoms with Gasteiger partial charge in [0.1, 0.15) is 6.29 Å². The van der Waals surface area contributed by atoms with Crippen molar-refractivity contribution in [1.29, 1.82) is 0 Å². The number of benzene rings is 1. The number of carbonyl (C=O) groups excluding carboxylic acids is 1. The second-order valence-electron chi connectivity index (χ2n) is 6.03. The minimum absolute atomic E-state index is 0.215. The predicted molar refractivity (Wildman–Crippen MR) is 80.8 cm³/mol. The molecule has 0 bridgehead atoms. The second-order valence-corrected chi connectivity index (χ2v) is 6.03. The van der Waals surface area contributed by atoms with Gasteiger partial charge < -0.3 is 9.90 Å². The van der Waals surface area contributed by atoms with Crippen molar-refractivity contribution in [2.45, 2.75) is 44.1 Å². The van der Waals surface area contributed by atoms with Crippen LogP contribution in [-0.4, -0.2) is 42.0 Å². The molecule has 3 heteroatoms. The summed E-state index contributed by atoms with van der Waals surface area (Å²) < 4.78 is 0. The quantitative estimate of drug-likeness (QED) is 0.741. The Balaban J connectivity index is 2.11. The maximum absolute atomic E-state index is 11.7. The van der Waals surface area contributed by atoms with E-state index in [0.29, 0.717) is 6.04 Å². The van der Waals surface area contributed by atoms with Gasteiger partial charge in [-0.25, -0.2) is 0 Å². The number of hydrogen-bond acceptors (Lipinski definition) is 3. The molecule has 1 N–H and O–H groups in total. The molecule has 1 fully saturated rings. The maximum atomic E-state index is 11.7. The number of aliphatic hydroxyl groups is 1. The molecule has 1 unspecified atom stereocenters. The standard InChI is InChI=1S/C17H25NO2/c1-17(14-20,15-7-3-2-4-8-15)13-18(11-6-12-19)16-9-5-10-16/h2-4,7-8,14,16,19H,5-6,9-13H2,1H3. The van der Waals surface area contributed by atoms with Crippen molar-refractivity contribution in [2.24, 2.45) is 0 Å². The van der Waals surface area contributed by atoms with Crippen LogP contribution >= 0.6 is 0 Å². The number of aliphatic hydroxyl groups excluding tert-OH is 1. The van der Waals surface area contributed by atoms with Gasteiger partial charge in [-0.15, -0.1) is 0 Å². The molecule has 0 heterocycles. The lowest BCUT2D eigenvalue weighted by Crippen LogP contribution is -2.48. The SMILES string of the molecule is CC(C=O)(CN(CCCO)C1CCC1)c1ccccc1. The van der Waals surface area contributed by atoms with E-state index in [2.05, 4.69) is 4.90 Å². The molecule has 1 aromatic carbocycles. The summed E-state index contributed by atoms with van der Waals surface area (Å²) in [5, 5.41) is 9.06. The Morgan fingerprint density at radius 1 is 1.35 bits per heavy atom. The number of hydrogen-bond donors (Lipinski definition) is 1. The zero-order chi connectivity index (χ0) is 14.4. The van der Waals surface area contributed by atoms with Gasteiger partial charge in [-0.2, -0.15) is 0 Å². The second kappa shape index (κ2) is 7.00. The summed E-state index contributed by atoms with van der Waals surface area (Å²) in [7, 11) is 0. The molecule has 20 heavy (non-hydrogen) atoms. The minimum Gasteiger partial charge on any atom is -0.396 e. The third kappa shape index (κ3) is 3.47. The van der Waals surface area contributed by atoms with Crippen molar-refractivity contribution in [2.75, 3.05) is 19.7 Å². The van der Waals surface area contributed by atoms with Gasteiger partial charge in [-0.05, 0) is 31.7 Å². The van der Waals surface area contributed by atoms with Crippen LogP contribution in [0.2, 0.25) is 0 Å². The van der Waals surface area contributed by atoms with E-state index in [-0.39, 0.29) is 6.61 Å². The van der Waals surface area contributed by atoms with Gasteiger partial charge in [-0.3, -0.25) is 4.90 Å².